The third kappa shape index (κ3) is 7.31. The first-order chi connectivity index (χ1) is 15.7. The number of nitrogens with zero attached hydrogens (tertiary/aromatic N) is 1. The van der Waals surface area contributed by atoms with Crippen molar-refractivity contribution >= 4 is 23.4 Å². The van der Waals surface area contributed by atoms with Crippen molar-refractivity contribution in [2.24, 2.45) is 11.5 Å². The Morgan fingerprint density at radius 3 is 2.12 bits per heavy atom. The van der Waals surface area contributed by atoms with E-state index in [1.165, 1.54) is 17.6 Å². The van der Waals surface area contributed by atoms with Crippen LogP contribution in [0.3, 0.4) is 0 Å². The Labute approximate surface area is 197 Å². The molecule has 34 heavy (non-hydrogen) atoms. The number of likely N-dealkylation sites (tertiary alicyclic amines) is 1. The number of amides is 2. The molecular weight excluding hydrogens is 451 g/mol. The summed E-state index contributed by atoms with van der Waals surface area (Å²) in [5.74, 6) is -2.72. The van der Waals surface area contributed by atoms with E-state index in [0.717, 1.165) is 50.8 Å². The zero-order chi connectivity index (χ0) is 25.7. The topological polar surface area (TPSA) is 127 Å². The van der Waals surface area contributed by atoms with Crippen LogP contribution in [0.25, 0.3) is 5.57 Å². The van der Waals surface area contributed by atoms with Crippen molar-refractivity contribution in [1.29, 1.82) is 0 Å². The van der Waals surface area contributed by atoms with Gasteiger partial charge in [-0.1, -0.05) is 18.2 Å². The zero-order valence-electron chi connectivity index (χ0n) is 19.5. The number of hydrogen-bond donors (Lipinski definition) is 3. The number of carboxylic acid groups (broad SMARTS) is 1. The summed E-state index contributed by atoms with van der Waals surface area (Å²) in [6, 6.07) is 6.07. The molecule has 0 saturated carbocycles. The predicted octanol–water partition coefficient (Wildman–Crippen LogP) is 3.82. The van der Waals surface area contributed by atoms with Crippen molar-refractivity contribution in [2.75, 3.05) is 13.1 Å². The standard InChI is InChI=1S/C22H31N3O2.C2HF3O2/c1-22(2,24)21(27)25-12-10-15(11-13-25)17-8-9-18(20(23)26)19(14-17)16-6-4-3-5-7-16;3-2(4,5)1(6)7/h6,8-9,14-15H,3-5,7,10-13,24H2,1-2H3,(H2,23,26);(H,6,7). The minimum absolute atomic E-state index is 0.0121. The summed E-state index contributed by atoms with van der Waals surface area (Å²) in [5, 5.41) is 7.12. The van der Waals surface area contributed by atoms with Crippen LogP contribution in [0.2, 0.25) is 0 Å². The maximum Gasteiger partial charge on any atom is 0.490 e. The zero-order valence-corrected chi connectivity index (χ0v) is 19.5. The second-order valence-corrected chi connectivity index (χ2v) is 9.24. The number of carboxylic acids is 1. The number of hydrogen-bond acceptors (Lipinski definition) is 4. The quantitative estimate of drug-likeness (QED) is 0.600. The van der Waals surface area contributed by atoms with Gasteiger partial charge in [-0.3, -0.25) is 9.59 Å². The van der Waals surface area contributed by atoms with E-state index in [2.05, 4.69) is 12.1 Å². The number of carbonyl (C=O) groups excluding carboxylic acids is 2. The first-order valence-electron chi connectivity index (χ1n) is 11.2. The third-order valence-electron chi connectivity index (χ3n) is 5.99. The number of primary amides is 1. The molecule has 0 unspecified atom stereocenters. The lowest BCUT2D eigenvalue weighted by Gasteiger charge is -2.36. The molecule has 0 atom stereocenters. The number of carbonyl (C=O) groups is 3. The summed E-state index contributed by atoms with van der Waals surface area (Å²) in [7, 11) is 0. The van der Waals surface area contributed by atoms with E-state index < -0.39 is 17.7 Å². The monoisotopic (exact) mass is 483 g/mol. The summed E-state index contributed by atoms with van der Waals surface area (Å²) in [6.07, 6.45) is 3.42. The van der Waals surface area contributed by atoms with Gasteiger partial charge >= 0.3 is 12.1 Å². The van der Waals surface area contributed by atoms with Crippen LogP contribution in [0.15, 0.2) is 24.3 Å². The summed E-state index contributed by atoms with van der Waals surface area (Å²) in [6.45, 7) is 4.96. The number of rotatable bonds is 4. The van der Waals surface area contributed by atoms with Gasteiger partial charge in [0.05, 0.1) is 5.54 Å². The van der Waals surface area contributed by atoms with Crippen LogP contribution in [0.5, 0.6) is 0 Å². The second-order valence-electron chi connectivity index (χ2n) is 9.24. The first kappa shape index (κ1) is 27.4. The predicted molar refractivity (Wildman–Crippen MR) is 122 cm³/mol. The van der Waals surface area contributed by atoms with E-state index in [-0.39, 0.29) is 11.8 Å². The average Bonchev–Trinajstić information content (AvgIpc) is 2.78. The Balaban J connectivity index is 0.000000509. The number of aliphatic carboxylic acids is 1. The average molecular weight is 484 g/mol. The molecule has 188 valence electrons. The van der Waals surface area contributed by atoms with Crippen LogP contribution in [-0.2, 0) is 9.59 Å². The van der Waals surface area contributed by atoms with E-state index in [4.69, 9.17) is 21.4 Å². The van der Waals surface area contributed by atoms with Crippen LogP contribution in [0, 0.1) is 0 Å². The molecule has 1 saturated heterocycles. The van der Waals surface area contributed by atoms with Crippen LogP contribution in [0.4, 0.5) is 13.2 Å². The highest BCUT2D eigenvalue weighted by Gasteiger charge is 2.38. The molecule has 2 aliphatic rings. The highest BCUT2D eigenvalue weighted by molar-refractivity contribution is 5.98. The number of piperidine rings is 1. The van der Waals surface area contributed by atoms with Gasteiger partial charge in [-0.15, -0.1) is 0 Å². The van der Waals surface area contributed by atoms with Crippen molar-refractivity contribution < 1.29 is 32.7 Å². The summed E-state index contributed by atoms with van der Waals surface area (Å²) in [4.78, 5) is 35.1. The van der Waals surface area contributed by atoms with Gasteiger partial charge in [0, 0.05) is 18.7 Å². The minimum atomic E-state index is -5.08. The van der Waals surface area contributed by atoms with E-state index in [9.17, 15) is 22.8 Å². The highest BCUT2D eigenvalue weighted by Crippen LogP contribution is 2.34. The molecule has 0 bridgehead atoms. The summed E-state index contributed by atoms with van der Waals surface area (Å²) >= 11 is 0. The molecule has 5 N–H and O–H groups in total. The molecule has 1 fully saturated rings. The van der Waals surface area contributed by atoms with Crippen LogP contribution in [0.1, 0.15) is 79.8 Å². The van der Waals surface area contributed by atoms with Crippen molar-refractivity contribution in [2.45, 2.75) is 70.0 Å². The molecule has 1 aliphatic carbocycles. The van der Waals surface area contributed by atoms with Gasteiger partial charge in [-0.2, -0.15) is 13.2 Å². The Morgan fingerprint density at radius 2 is 1.68 bits per heavy atom. The van der Waals surface area contributed by atoms with Crippen molar-refractivity contribution in [3.05, 3.63) is 41.0 Å². The van der Waals surface area contributed by atoms with Crippen LogP contribution < -0.4 is 11.5 Å². The fraction of sp³-hybridized carbons (Fsp3) is 0.542. The Morgan fingerprint density at radius 1 is 1.09 bits per heavy atom. The van der Waals surface area contributed by atoms with Gasteiger partial charge in [0.15, 0.2) is 0 Å². The first-order valence-corrected chi connectivity index (χ1v) is 11.2. The van der Waals surface area contributed by atoms with E-state index in [0.29, 0.717) is 11.5 Å². The molecule has 1 aromatic rings. The lowest BCUT2D eigenvalue weighted by Crippen LogP contribution is -2.53. The van der Waals surface area contributed by atoms with Crippen LogP contribution >= 0.6 is 0 Å². The Kier molecular flexibility index (Phi) is 8.88. The second kappa shape index (κ2) is 11.0. The van der Waals surface area contributed by atoms with Gasteiger partial charge in [-0.25, -0.2) is 4.79 Å². The van der Waals surface area contributed by atoms with E-state index in [1.54, 1.807) is 13.8 Å². The van der Waals surface area contributed by atoms with Crippen molar-refractivity contribution in [3.8, 4) is 0 Å². The van der Waals surface area contributed by atoms with E-state index >= 15 is 0 Å². The van der Waals surface area contributed by atoms with Crippen LogP contribution in [-0.4, -0.2) is 52.6 Å². The van der Waals surface area contributed by atoms with Gasteiger partial charge in [0.1, 0.15) is 0 Å². The molecule has 1 aliphatic heterocycles. The number of alkyl halides is 3. The molecular formula is C24H32F3N3O4. The summed E-state index contributed by atoms with van der Waals surface area (Å²) in [5.41, 5.74) is 14.9. The lowest BCUT2D eigenvalue weighted by molar-refractivity contribution is -0.192. The Bertz CT molecular complexity index is 944. The lowest BCUT2D eigenvalue weighted by atomic mass is 9.84. The molecule has 7 nitrogen and oxygen atoms in total. The largest absolute Gasteiger partial charge is 0.490 e. The molecule has 1 heterocycles. The fourth-order valence-electron chi connectivity index (χ4n) is 4.20. The van der Waals surface area contributed by atoms with Gasteiger partial charge in [-0.05, 0) is 81.1 Å². The maximum absolute atomic E-state index is 12.4. The normalized spacial score (nSPS) is 17.4. The SMILES string of the molecule is CC(C)(N)C(=O)N1CCC(c2ccc(C(N)=O)c(C3=CCCCC3)c2)CC1.O=C(O)C(F)(F)F. The van der Waals surface area contributed by atoms with Gasteiger partial charge in [0.25, 0.3) is 0 Å². The highest BCUT2D eigenvalue weighted by atomic mass is 19.4. The number of benzene rings is 1. The van der Waals surface area contributed by atoms with Gasteiger partial charge < -0.3 is 21.5 Å². The Hall–Kier alpha value is -2.88. The fourth-order valence-corrected chi connectivity index (χ4v) is 4.20. The molecule has 3 rings (SSSR count). The minimum Gasteiger partial charge on any atom is -0.475 e. The van der Waals surface area contributed by atoms with Crippen molar-refractivity contribution in [3.63, 3.8) is 0 Å². The smallest absolute Gasteiger partial charge is 0.475 e. The number of nitrogens with two attached hydrogens (primary N) is 2. The van der Waals surface area contributed by atoms with Crippen molar-refractivity contribution in [1.82, 2.24) is 4.90 Å². The molecule has 1 aromatic carbocycles. The molecule has 0 aromatic heterocycles. The van der Waals surface area contributed by atoms with Gasteiger partial charge in [0.2, 0.25) is 11.8 Å². The van der Waals surface area contributed by atoms with E-state index in [1.807, 2.05) is 17.0 Å². The molecule has 2 amide bonds. The summed E-state index contributed by atoms with van der Waals surface area (Å²) < 4.78 is 31.7. The molecule has 0 radical (unpaired) electrons. The number of allylic oxidation sites excluding steroid dienone is 2. The maximum atomic E-state index is 12.4. The molecule has 10 heteroatoms. The third-order valence-corrected chi connectivity index (χ3v) is 5.99. The number of halogens is 3. The molecule has 0 spiro atoms.